The van der Waals surface area contributed by atoms with Crippen LogP contribution >= 0.6 is 0 Å². The minimum atomic E-state index is -4.44. The van der Waals surface area contributed by atoms with Crippen molar-refractivity contribution < 1.29 is 13.2 Å². The van der Waals surface area contributed by atoms with E-state index in [1.54, 1.807) is 0 Å². The predicted molar refractivity (Wildman–Crippen MR) is 63.1 cm³/mol. The number of aromatic nitrogens is 3. The van der Waals surface area contributed by atoms with Gasteiger partial charge in [-0.25, -0.2) is 0 Å². The van der Waals surface area contributed by atoms with Crippen molar-refractivity contribution in [2.24, 2.45) is 11.1 Å². The van der Waals surface area contributed by atoms with Crippen molar-refractivity contribution in [3.05, 3.63) is 11.6 Å². The lowest BCUT2D eigenvalue weighted by Crippen LogP contribution is -2.43. The molecule has 1 aromatic heterocycles. The van der Waals surface area contributed by atoms with Gasteiger partial charge in [0.1, 0.15) is 5.82 Å². The Balaban J connectivity index is 2.12. The smallest absolute Gasteiger partial charge is 0.330 e. The normalized spacial score (nSPS) is 17.6. The van der Waals surface area contributed by atoms with Crippen LogP contribution in [0.5, 0.6) is 0 Å². The van der Waals surface area contributed by atoms with Gasteiger partial charge in [-0.15, -0.1) is 10.2 Å². The first-order valence-electron chi connectivity index (χ1n) is 6.15. The second-order valence-electron chi connectivity index (χ2n) is 5.67. The van der Waals surface area contributed by atoms with E-state index in [0.29, 0.717) is 25.5 Å². The number of alkyl halides is 3. The summed E-state index contributed by atoms with van der Waals surface area (Å²) in [6.45, 7) is 6.53. The molecule has 8 heteroatoms. The molecule has 0 amide bonds. The van der Waals surface area contributed by atoms with Crippen molar-refractivity contribution in [1.29, 1.82) is 0 Å². The van der Waals surface area contributed by atoms with Crippen molar-refractivity contribution in [1.82, 2.24) is 19.7 Å². The van der Waals surface area contributed by atoms with Crippen LogP contribution in [0.2, 0.25) is 0 Å². The molecular weight excluding hydrogens is 259 g/mol. The molecule has 0 bridgehead atoms. The van der Waals surface area contributed by atoms with Gasteiger partial charge in [-0.3, -0.25) is 4.90 Å². The Hall–Kier alpha value is -1.15. The second kappa shape index (κ2) is 4.75. The first-order valence-corrected chi connectivity index (χ1v) is 6.15. The van der Waals surface area contributed by atoms with E-state index in [1.807, 2.05) is 13.8 Å². The van der Waals surface area contributed by atoms with Crippen molar-refractivity contribution >= 4 is 0 Å². The molecule has 2 rings (SSSR count). The van der Waals surface area contributed by atoms with Crippen LogP contribution in [0.1, 0.15) is 25.5 Å². The van der Waals surface area contributed by atoms with Gasteiger partial charge in [0.15, 0.2) is 0 Å². The average Bonchev–Trinajstić information content (AvgIpc) is 2.71. The molecule has 0 saturated carbocycles. The summed E-state index contributed by atoms with van der Waals surface area (Å²) < 4.78 is 39.2. The van der Waals surface area contributed by atoms with Gasteiger partial charge in [-0.05, 0) is 12.0 Å². The Bertz CT molecular complexity index is 452. The van der Waals surface area contributed by atoms with E-state index in [4.69, 9.17) is 5.73 Å². The van der Waals surface area contributed by atoms with Gasteiger partial charge in [0.05, 0.1) is 6.54 Å². The van der Waals surface area contributed by atoms with E-state index in [1.165, 1.54) is 0 Å². The number of nitrogens with zero attached hydrogens (tertiary/aromatic N) is 4. The molecule has 108 valence electrons. The zero-order valence-electron chi connectivity index (χ0n) is 11.0. The molecule has 0 radical (unpaired) electrons. The summed E-state index contributed by atoms with van der Waals surface area (Å²) in [6, 6.07) is 0. The zero-order chi connectivity index (χ0) is 14.3. The van der Waals surface area contributed by atoms with Crippen LogP contribution in [0.4, 0.5) is 13.2 Å². The monoisotopic (exact) mass is 277 g/mol. The summed E-state index contributed by atoms with van der Waals surface area (Å²) in [5.74, 6) is -0.536. The van der Waals surface area contributed by atoms with E-state index >= 15 is 0 Å². The highest BCUT2D eigenvalue weighted by Gasteiger charge is 2.39. The van der Waals surface area contributed by atoms with E-state index in [-0.39, 0.29) is 12.0 Å². The molecule has 0 spiro atoms. The quantitative estimate of drug-likeness (QED) is 0.898. The summed E-state index contributed by atoms with van der Waals surface area (Å²) in [7, 11) is 0. The summed E-state index contributed by atoms with van der Waals surface area (Å²) in [6.07, 6.45) is -4.44. The first-order chi connectivity index (χ1) is 8.73. The van der Waals surface area contributed by atoms with E-state index in [9.17, 15) is 13.2 Å². The summed E-state index contributed by atoms with van der Waals surface area (Å²) >= 11 is 0. The van der Waals surface area contributed by atoms with Crippen molar-refractivity contribution in [2.45, 2.75) is 33.1 Å². The SMILES string of the molecule is CC(C)(CN)CN1CCn2c(nnc2C(F)(F)F)C1. The summed E-state index contributed by atoms with van der Waals surface area (Å²) in [5.41, 5.74) is 5.61. The summed E-state index contributed by atoms with van der Waals surface area (Å²) in [4.78, 5) is 2.07. The average molecular weight is 277 g/mol. The van der Waals surface area contributed by atoms with E-state index in [2.05, 4.69) is 15.1 Å². The molecule has 0 fully saturated rings. The maximum atomic E-state index is 12.7. The topological polar surface area (TPSA) is 60.0 Å². The fraction of sp³-hybridized carbons (Fsp3) is 0.818. The van der Waals surface area contributed by atoms with E-state index < -0.39 is 12.0 Å². The van der Waals surface area contributed by atoms with E-state index in [0.717, 1.165) is 11.1 Å². The molecule has 19 heavy (non-hydrogen) atoms. The highest BCUT2D eigenvalue weighted by atomic mass is 19.4. The van der Waals surface area contributed by atoms with Crippen LogP contribution in [-0.2, 0) is 19.3 Å². The Labute approximate surface area is 109 Å². The minimum absolute atomic E-state index is 0.0605. The maximum absolute atomic E-state index is 12.7. The molecule has 5 nitrogen and oxygen atoms in total. The third kappa shape index (κ3) is 3.06. The highest BCUT2D eigenvalue weighted by molar-refractivity contribution is 5.02. The molecule has 1 aliphatic heterocycles. The molecule has 0 unspecified atom stereocenters. The van der Waals surface area contributed by atoms with Crippen molar-refractivity contribution in [2.75, 3.05) is 19.6 Å². The predicted octanol–water partition coefficient (Wildman–Crippen LogP) is 1.10. The van der Waals surface area contributed by atoms with Crippen LogP contribution in [0, 0.1) is 5.41 Å². The molecular formula is C11H18F3N5. The number of rotatable bonds is 3. The number of hydrogen-bond acceptors (Lipinski definition) is 4. The lowest BCUT2D eigenvalue weighted by atomic mass is 9.93. The number of halogens is 3. The first kappa shape index (κ1) is 14.3. The maximum Gasteiger partial charge on any atom is 0.451 e. The minimum Gasteiger partial charge on any atom is -0.330 e. The van der Waals surface area contributed by atoms with Gasteiger partial charge in [0.2, 0.25) is 5.82 Å². The molecule has 2 heterocycles. The fourth-order valence-electron chi connectivity index (χ4n) is 2.22. The Morgan fingerprint density at radius 3 is 2.47 bits per heavy atom. The highest BCUT2D eigenvalue weighted by Crippen LogP contribution is 2.29. The number of hydrogen-bond donors (Lipinski definition) is 1. The Morgan fingerprint density at radius 2 is 1.89 bits per heavy atom. The van der Waals surface area contributed by atoms with Crippen LogP contribution in [0.25, 0.3) is 0 Å². The molecule has 0 saturated heterocycles. The number of fused-ring (bicyclic) bond motifs is 1. The van der Waals surface area contributed by atoms with Crippen LogP contribution < -0.4 is 5.73 Å². The molecule has 0 aliphatic carbocycles. The molecule has 0 aromatic carbocycles. The Morgan fingerprint density at radius 1 is 1.21 bits per heavy atom. The van der Waals surface area contributed by atoms with Crippen LogP contribution in [-0.4, -0.2) is 39.3 Å². The largest absolute Gasteiger partial charge is 0.451 e. The standard InChI is InChI=1S/C11H18F3N5/c1-10(2,6-15)7-18-3-4-19-8(5-18)16-17-9(19)11(12,13)14/h3-7,15H2,1-2H3. The van der Waals surface area contributed by atoms with Crippen LogP contribution in [0.3, 0.4) is 0 Å². The zero-order valence-corrected chi connectivity index (χ0v) is 11.0. The lowest BCUT2D eigenvalue weighted by Gasteiger charge is -2.34. The second-order valence-corrected chi connectivity index (χ2v) is 5.67. The lowest BCUT2D eigenvalue weighted by molar-refractivity contribution is -0.148. The molecule has 2 N–H and O–H groups in total. The Kier molecular flexibility index (Phi) is 3.57. The van der Waals surface area contributed by atoms with Crippen LogP contribution in [0.15, 0.2) is 0 Å². The third-order valence-electron chi connectivity index (χ3n) is 3.29. The van der Waals surface area contributed by atoms with Crippen molar-refractivity contribution in [3.63, 3.8) is 0 Å². The fourth-order valence-corrected chi connectivity index (χ4v) is 2.22. The van der Waals surface area contributed by atoms with Gasteiger partial charge in [-0.2, -0.15) is 13.2 Å². The molecule has 0 atom stereocenters. The van der Waals surface area contributed by atoms with Gasteiger partial charge < -0.3 is 10.3 Å². The molecule has 1 aliphatic rings. The third-order valence-corrected chi connectivity index (χ3v) is 3.29. The van der Waals surface area contributed by atoms with Gasteiger partial charge in [-0.1, -0.05) is 13.8 Å². The van der Waals surface area contributed by atoms with Gasteiger partial charge in [0.25, 0.3) is 0 Å². The number of nitrogens with two attached hydrogens (primary N) is 1. The van der Waals surface area contributed by atoms with Gasteiger partial charge >= 0.3 is 6.18 Å². The molecule has 1 aromatic rings. The van der Waals surface area contributed by atoms with Gasteiger partial charge in [0, 0.05) is 19.6 Å². The summed E-state index contributed by atoms with van der Waals surface area (Å²) in [5, 5.41) is 6.91. The van der Waals surface area contributed by atoms with Crippen molar-refractivity contribution in [3.8, 4) is 0 Å².